The van der Waals surface area contributed by atoms with Crippen LogP contribution in [0.25, 0.3) is 0 Å². The molecule has 2 bridgehead atoms. The lowest BCUT2D eigenvalue weighted by Crippen LogP contribution is -2.40. The molecule has 92 valence electrons. The maximum atomic E-state index is 11.9. The zero-order chi connectivity index (χ0) is 11.5. The van der Waals surface area contributed by atoms with Crippen molar-refractivity contribution in [3.8, 4) is 0 Å². The molecule has 16 heavy (non-hydrogen) atoms. The van der Waals surface area contributed by atoms with Gasteiger partial charge in [-0.3, -0.25) is 4.79 Å². The highest BCUT2D eigenvalue weighted by Crippen LogP contribution is 2.32. The Bertz CT molecular complexity index is 248. The highest BCUT2D eigenvalue weighted by atomic mass is 19.3. The van der Waals surface area contributed by atoms with Crippen LogP contribution in [0.5, 0.6) is 0 Å². The summed E-state index contributed by atoms with van der Waals surface area (Å²) in [6, 6.07) is 1.10. The third kappa shape index (κ3) is 3.14. The molecular weight excluding hydrogens is 214 g/mol. The van der Waals surface area contributed by atoms with Crippen LogP contribution in [0.3, 0.4) is 0 Å². The van der Waals surface area contributed by atoms with E-state index in [1.165, 1.54) is 12.8 Å². The largest absolute Gasteiger partial charge is 0.350 e. The van der Waals surface area contributed by atoms with Gasteiger partial charge in [0, 0.05) is 18.5 Å². The number of piperidine rings is 1. The molecule has 2 rings (SSSR count). The normalized spacial score (nSPS) is 33.1. The fourth-order valence-electron chi connectivity index (χ4n) is 2.87. The molecule has 0 aliphatic carbocycles. The van der Waals surface area contributed by atoms with Crippen molar-refractivity contribution in [1.29, 1.82) is 0 Å². The van der Waals surface area contributed by atoms with Crippen LogP contribution < -0.4 is 10.6 Å². The number of halogens is 2. The van der Waals surface area contributed by atoms with E-state index in [2.05, 4.69) is 10.6 Å². The highest BCUT2D eigenvalue weighted by molar-refractivity contribution is 5.76. The van der Waals surface area contributed by atoms with Crippen molar-refractivity contribution in [1.82, 2.24) is 10.6 Å². The highest BCUT2D eigenvalue weighted by Gasteiger charge is 2.34. The van der Waals surface area contributed by atoms with Gasteiger partial charge in [-0.25, -0.2) is 8.78 Å². The van der Waals surface area contributed by atoms with Gasteiger partial charge in [-0.15, -0.1) is 0 Å². The summed E-state index contributed by atoms with van der Waals surface area (Å²) >= 11 is 0. The lowest BCUT2D eigenvalue weighted by molar-refractivity contribution is -0.122. The number of carbonyl (C=O) groups is 1. The van der Waals surface area contributed by atoms with Crippen LogP contribution in [-0.4, -0.2) is 31.0 Å². The molecule has 1 amide bonds. The van der Waals surface area contributed by atoms with E-state index in [4.69, 9.17) is 0 Å². The number of rotatable bonds is 4. The van der Waals surface area contributed by atoms with E-state index in [0.717, 1.165) is 12.8 Å². The number of hydrogen-bond acceptors (Lipinski definition) is 2. The summed E-state index contributed by atoms with van der Waals surface area (Å²) in [5, 5.41) is 5.76. The minimum Gasteiger partial charge on any atom is -0.350 e. The van der Waals surface area contributed by atoms with Crippen LogP contribution in [0.15, 0.2) is 0 Å². The number of nitrogens with one attached hydrogen (secondary N) is 2. The Hall–Kier alpha value is -0.710. The molecule has 0 aromatic rings. The van der Waals surface area contributed by atoms with Crippen LogP contribution in [0.2, 0.25) is 0 Å². The molecule has 5 heteroatoms. The van der Waals surface area contributed by atoms with Crippen LogP contribution in [0.4, 0.5) is 8.78 Å². The summed E-state index contributed by atoms with van der Waals surface area (Å²) in [7, 11) is 0. The SMILES string of the molecule is O=C(CC1CC2CCC(C1)N2)NCC(F)F. The van der Waals surface area contributed by atoms with Crippen molar-refractivity contribution < 1.29 is 13.6 Å². The second-order valence-electron chi connectivity index (χ2n) is 4.87. The van der Waals surface area contributed by atoms with Gasteiger partial charge in [-0.2, -0.15) is 0 Å². The van der Waals surface area contributed by atoms with E-state index < -0.39 is 13.0 Å². The van der Waals surface area contributed by atoms with Gasteiger partial charge in [-0.1, -0.05) is 0 Å². The first kappa shape index (κ1) is 11.8. The monoisotopic (exact) mass is 232 g/mol. The first-order chi connectivity index (χ1) is 7.63. The van der Waals surface area contributed by atoms with Gasteiger partial charge < -0.3 is 10.6 Å². The van der Waals surface area contributed by atoms with Gasteiger partial charge >= 0.3 is 0 Å². The average Bonchev–Trinajstić information content (AvgIpc) is 2.55. The van der Waals surface area contributed by atoms with E-state index in [-0.39, 0.29) is 5.91 Å². The van der Waals surface area contributed by atoms with E-state index >= 15 is 0 Å². The number of alkyl halides is 2. The number of fused-ring (bicyclic) bond motifs is 2. The molecule has 2 atom stereocenters. The molecule has 3 nitrogen and oxygen atoms in total. The Kier molecular flexibility index (Phi) is 3.74. The standard InChI is InChI=1S/C11H18F2N2O/c12-10(13)6-14-11(16)5-7-3-8-1-2-9(4-7)15-8/h7-10,15H,1-6H2,(H,14,16). The van der Waals surface area contributed by atoms with Crippen LogP contribution in [-0.2, 0) is 4.79 Å². The maximum absolute atomic E-state index is 11.9. The fourth-order valence-corrected chi connectivity index (χ4v) is 2.87. The molecule has 2 aliphatic rings. The van der Waals surface area contributed by atoms with Crippen molar-refractivity contribution in [2.45, 2.75) is 50.6 Å². The molecule has 0 aromatic heterocycles. The Balaban J connectivity index is 1.71. The summed E-state index contributed by atoms with van der Waals surface area (Å²) in [5.41, 5.74) is 0. The number of amides is 1. The fraction of sp³-hybridized carbons (Fsp3) is 0.909. The second kappa shape index (κ2) is 5.08. The molecule has 2 aliphatic heterocycles. The predicted octanol–water partition coefficient (Wildman–Crippen LogP) is 1.29. The van der Waals surface area contributed by atoms with Gasteiger partial charge in [0.2, 0.25) is 5.91 Å². The first-order valence-electron chi connectivity index (χ1n) is 5.94. The van der Waals surface area contributed by atoms with Crippen LogP contribution >= 0.6 is 0 Å². The van der Waals surface area contributed by atoms with E-state index in [0.29, 0.717) is 24.4 Å². The molecule has 2 saturated heterocycles. The molecule has 2 fully saturated rings. The van der Waals surface area contributed by atoms with Gasteiger partial charge in [0.1, 0.15) is 0 Å². The van der Waals surface area contributed by atoms with Crippen molar-refractivity contribution in [2.24, 2.45) is 5.92 Å². The Morgan fingerprint density at radius 1 is 1.31 bits per heavy atom. The van der Waals surface area contributed by atoms with Crippen molar-refractivity contribution in [2.75, 3.05) is 6.54 Å². The Morgan fingerprint density at radius 2 is 1.94 bits per heavy atom. The lowest BCUT2D eigenvalue weighted by atomic mass is 9.89. The number of carbonyl (C=O) groups excluding carboxylic acids is 1. The topological polar surface area (TPSA) is 41.1 Å². The third-order valence-corrected chi connectivity index (χ3v) is 3.50. The zero-order valence-electron chi connectivity index (χ0n) is 9.22. The van der Waals surface area contributed by atoms with Gasteiger partial charge in [0.15, 0.2) is 0 Å². The predicted molar refractivity (Wildman–Crippen MR) is 56.3 cm³/mol. The molecular formula is C11H18F2N2O. The smallest absolute Gasteiger partial charge is 0.255 e. The summed E-state index contributed by atoms with van der Waals surface area (Å²) < 4.78 is 23.8. The minimum atomic E-state index is -2.45. The van der Waals surface area contributed by atoms with Crippen LogP contribution in [0.1, 0.15) is 32.1 Å². The van der Waals surface area contributed by atoms with E-state index in [9.17, 15) is 13.6 Å². The zero-order valence-corrected chi connectivity index (χ0v) is 9.22. The quantitative estimate of drug-likeness (QED) is 0.767. The second-order valence-corrected chi connectivity index (χ2v) is 4.87. The molecule has 0 radical (unpaired) electrons. The number of hydrogen-bond donors (Lipinski definition) is 2. The van der Waals surface area contributed by atoms with Gasteiger partial charge in [-0.05, 0) is 31.6 Å². The average molecular weight is 232 g/mol. The minimum absolute atomic E-state index is 0.230. The van der Waals surface area contributed by atoms with E-state index in [1.807, 2.05) is 0 Å². The third-order valence-electron chi connectivity index (χ3n) is 3.50. The van der Waals surface area contributed by atoms with Gasteiger partial charge in [0.25, 0.3) is 6.43 Å². The van der Waals surface area contributed by atoms with Crippen molar-refractivity contribution in [3.05, 3.63) is 0 Å². The van der Waals surface area contributed by atoms with Gasteiger partial charge in [0.05, 0.1) is 6.54 Å². The summed E-state index contributed by atoms with van der Waals surface area (Å²) in [4.78, 5) is 11.4. The molecule has 0 spiro atoms. The first-order valence-corrected chi connectivity index (χ1v) is 5.94. The molecule has 2 unspecified atom stereocenters. The summed E-state index contributed by atoms with van der Waals surface area (Å²) in [5.74, 6) is 0.142. The summed E-state index contributed by atoms with van der Waals surface area (Å²) in [6.45, 7) is -0.517. The lowest BCUT2D eigenvalue weighted by Gasteiger charge is -2.28. The summed E-state index contributed by atoms with van der Waals surface area (Å²) in [6.07, 6.45) is 2.37. The molecule has 2 heterocycles. The molecule has 0 aromatic carbocycles. The molecule has 0 saturated carbocycles. The van der Waals surface area contributed by atoms with Crippen LogP contribution in [0, 0.1) is 5.92 Å². The maximum Gasteiger partial charge on any atom is 0.255 e. The van der Waals surface area contributed by atoms with Crippen molar-refractivity contribution >= 4 is 5.91 Å². The Morgan fingerprint density at radius 3 is 2.50 bits per heavy atom. The Labute approximate surface area is 94.0 Å². The van der Waals surface area contributed by atoms with Crippen molar-refractivity contribution in [3.63, 3.8) is 0 Å². The van der Waals surface area contributed by atoms with E-state index in [1.54, 1.807) is 0 Å². The molecule has 2 N–H and O–H groups in total.